The zero-order chi connectivity index (χ0) is 15.8. The molecule has 0 N–H and O–H groups in total. The van der Waals surface area contributed by atoms with E-state index in [0.29, 0.717) is 30.0 Å². The molecule has 0 amide bonds. The Balaban J connectivity index is 1.46. The Hall–Kier alpha value is -2.48. The summed E-state index contributed by atoms with van der Waals surface area (Å²) in [5.41, 5.74) is 0. The van der Waals surface area contributed by atoms with Crippen LogP contribution in [-0.4, -0.2) is 36.4 Å². The highest BCUT2D eigenvalue weighted by Gasteiger charge is 2.23. The zero-order valence-electron chi connectivity index (χ0n) is 13.1. The quantitative estimate of drug-likeness (QED) is 0.728. The summed E-state index contributed by atoms with van der Waals surface area (Å²) >= 11 is 0. The van der Waals surface area contributed by atoms with Crippen LogP contribution in [0.25, 0.3) is 11.7 Å². The Morgan fingerprint density at radius 3 is 2.87 bits per heavy atom. The highest BCUT2D eigenvalue weighted by Crippen LogP contribution is 2.21. The Labute approximate surface area is 133 Å². The molecule has 0 atom stereocenters. The predicted octanol–water partition coefficient (Wildman–Crippen LogP) is 2.06. The molecule has 0 fully saturated rings. The SMILES string of the molecule is CC(C)c1nnc2n1CCN(Cc1nnc(-c3ccco3)o1)C2. The molecular weight excluding hydrogens is 296 g/mol. The number of furan rings is 1. The van der Waals surface area contributed by atoms with Crippen LogP contribution in [0.2, 0.25) is 0 Å². The van der Waals surface area contributed by atoms with E-state index < -0.39 is 0 Å². The molecule has 0 bridgehead atoms. The molecule has 0 saturated carbocycles. The van der Waals surface area contributed by atoms with E-state index in [9.17, 15) is 0 Å². The molecule has 3 aromatic heterocycles. The largest absolute Gasteiger partial charge is 0.459 e. The minimum absolute atomic E-state index is 0.384. The van der Waals surface area contributed by atoms with Gasteiger partial charge in [0, 0.05) is 19.0 Å². The van der Waals surface area contributed by atoms with Crippen molar-refractivity contribution in [3.8, 4) is 11.7 Å². The van der Waals surface area contributed by atoms with Gasteiger partial charge in [-0.25, -0.2) is 0 Å². The van der Waals surface area contributed by atoms with E-state index in [2.05, 4.69) is 43.7 Å². The van der Waals surface area contributed by atoms with E-state index in [4.69, 9.17) is 8.83 Å². The maximum atomic E-state index is 5.66. The van der Waals surface area contributed by atoms with E-state index in [1.54, 1.807) is 18.4 Å². The molecule has 0 aromatic carbocycles. The van der Waals surface area contributed by atoms with Crippen molar-refractivity contribution in [1.82, 2.24) is 29.9 Å². The summed E-state index contributed by atoms with van der Waals surface area (Å²) in [4.78, 5) is 2.23. The van der Waals surface area contributed by atoms with Gasteiger partial charge in [0.25, 0.3) is 5.89 Å². The fourth-order valence-electron chi connectivity index (χ4n) is 2.80. The van der Waals surface area contributed by atoms with E-state index in [-0.39, 0.29) is 0 Å². The first-order chi connectivity index (χ1) is 11.2. The van der Waals surface area contributed by atoms with Gasteiger partial charge in [0.05, 0.1) is 19.4 Å². The van der Waals surface area contributed by atoms with Gasteiger partial charge in [-0.2, -0.15) is 0 Å². The van der Waals surface area contributed by atoms with Crippen LogP contribution in [0.4, 0.5) is 0 Å². The third kappa shape index (κ3) is 2.65. The van der Waals surface area contributed by atoms with Crippen molar-refractivity contribution in [2.45, 2.75) is 39.4 Å². The van der Waals surface area contributed by atoms with Crippen LogP contribution in [0, 0.1) is 0 Å². The van der Waals surface area contributed by atoms with Crippen molar-refractivity contribution < 1.29 is 8.83 Å². The summed E-state index contributed by atoms with van der Waals surface area (Å²) in [5.74, 6) is 4.00. The Bertz CT molecular complexity index is 789. The monoisotopic (exact) mass is 314 g/mol. The van der Waals surface area contributed by atoms with Crippen LogP contribution in [-0.2, 0) is 19.6 Å². The van der Waals surface area contributed by atoms with Crippen LogP contribution in [0.3, 0.4) is 0 Å². The van der Waals surface area contributed by atoms with Gasteiger partial charge in [-0.3, -0.25) is 4.90 Å². The molecule has 4 heterocycles. The van der Waals surface area contributed by atoms with Crippen molar-refractivity contribution in [2.75, 3.05) is 6.54 Å². The lowest BCUT2D eigenvalue weighted by atomic mass is 10.2. The fourth-order valence-corrected chi connectivity index (χ4v) is 2.80. The van der Waals surface area contributed by atoms with E-state index in [0.717, 1.165) is 31.3 Å². The molecule has 120 valence electrons. The number of hydrogen-bond acceptors (Lipinski definition) is 7. The smallest absolute Gasteiger partial charge is 0.283 e. The molecule has 23 heavy (non-hydrogen) atoms. The molecule has 0 saturated heterocycles. The van der Waals surface area contributed by atoms with E-state index >= 15 is 0 Å². The van der Waals surface area contributed by atoms with Gasteiger partial charge >= 0.3 is 0 Å². The van der Waals surface area contributed by atoms with Crippen LogP contribution in [0.15, 0.2) is 27.2 Å². The molecule has 4 rings (SSSR count). The van der Waals surface area contributed by atoms with E-state index in [1.807, 2.05) is 0 Å². The van der Waals surface area contributed by atoms with Crippen LogP contribution in [0.5, 0.6) is 0 Å². The number of nitrogens with zero attached hydrogens (tertiary/aromatic N) is 6. The third-order valence-corrected chi connectivity index (χ3v) is 3.93. The average molecular weight is 314 g/mol. The highest BCUT2D eigenvalue weighted by molar-refractivity contribution is 5.42. The van der Waals surface area contributed by atoms with Crippen LogP contribution >= 0.6 is 0 Å². The summed E-state index contributed by atoms with van der Waals surface area (Å²) < 4.78 is 13.1. The third-order valence-electron chi connectivity index (χ3n) is 3.93. The van der Waals surface area contributed by atoms with Crippen molar-refractivity contribution in [3.05, 3.63) is 35.9 Å². The minimum Gasteiger partial charge on any atom is -0.459 e. The summed E-state index contributed by atoms with van der Waals surface area (Å²) in [6.07, 6.45) is 1.59. The normalized spacial score (nSPS) is 15.3. The summed E-state index contributed by atoms with van der Waals surface area (Å²) in [6.45, 7) is 7.39. The van der Waals surface area contributed by atoms with Crippen molar-refractivity contribution in [1.29, 1.82) is 0 Å². The first-order valence-corrected chi connectivity index (χ1v) is 7.71. The predicted molar refractivity (Wildman–Crippen MR) is 80.2 cm³/mol. The van der Waals surface area contributed by atoms with Crippen molar-refractivity contribution >= 4 is 0 Å². The number of rotatable bonds is 4. The number of hydrogen-bond donors (Lipinski definition) is 0. The zero-order valence-corrected chi connectivity index (χ0v) is 13.1. The minimum atomic E-state index is 0.384. The van der Waals surface area contributed by atoms with Gasteiger partial charge in [0.15, 0.2) is 5.76 Å². The summed E-state index contributed by atoms with van der Waals surface area (Å²) in [5, 5.41) is 16.7. The first-order valence-electron chi connectivity index (χ1n) is 7.71. The molecule has 1 aliphatic rings. The summed E-state index contributed by atoms with van der Waals surface area (Å²) in [6, 6.07) is 3.59. The molecule has 0 aliphatic carbocycles. The Kier molecular flexibility index (Phi) is 3.45. The molecule has 0 radical (unpaired) electrons. The van der Waals surface area contributed by atoms with Gasteiger partial charge in [0.2, 0.25) is 5.89 Å². The number of fused-ring (bicyclic) bond motifs is 1. The average Bonchev–Trinajstić information content (AvgIpc) is 3.27. The Morgan fingerprint density at radius 1 is 1.17 bits per heavy atom. The van der Waals surface area contributed by atoms with Gasteiger partial charge in [-0.1, -0.05) is 13.8 Å². The standard InChI is InChI=1S/C15H18N6O2/c1-10(2)14-18-16-12-8-20(5-6-21(12)14)9-13-17-19-15(23-13)11-4-3-7-22-11/h3-4,7,10H,5-6,8-9H2,1-2H3. The van der Waals surface area contributed by atoms with Crippen molar-refractivity contribution in [3.63, 3.8) is 0 Å². The van der Waals surface area contributed by atoms with Crippen molar-refractivity contribution in [2.24, 2.45) is 0 Å². The fraction of sp³-hybridized carbons (Fsp3) is 0.467. The van der Waals surface area contributed by atoms with Crippen LogP contribution in [0.1, 0.15) is 37.3 Å². The van der Waals surface area contributed by atoms with Gasteiger partial charge in [0.1, 0.15) is 11.6 Å². The van der Waals surface area contributed by atoms with Crippen LogP contribution < -0.4 is 0 Å². The second-order valence-corrected chi connectivity index (χ2v) is 5.97. The summed E-state index contributed by atoms with van der Waals surface area (Å²) in [7, 11) is 0. The topological polar surface area (TPSA) is 86.0 Å². The second-order valence-electron chi connectivity index (χ2n) is 5.97. The molecule has 3 aromatic rings. The lowest BCUT2D eigenvalue weighted by Gasteiger charge is -2.26. The maximum Gasteiger partial charge on any atom is 0.283 e. The maximum absolute atomic E-state index is 5.66. The Morgan fingerprint density at radius 2 is 2.09 bits per heavy atom. The molecule has 0 unspecified atom stereocenters. The highest BCUT2D eigenvalue weighted by atomic mass is 16.4. The molecule has 8 heteroatoms. The second kappa shape index (κ2) is 5.62. The lowest BCUT2D eigenvalue weighted by molar-refractivity contribution is 0.189. The van der Waals surface area contributed by atoms with Gasteiger partial charge in [-0.15, -0.1) is 20.4 Å². The van der Waals surface area contributed by atoms with Gasteiger partial charge < -0.3 is 13.4 Å². The molecule has 1 aliphatic heterocycles. The lowest BCUT2D eigenvalue weighted by Crippen LogP contribution is -2.34. The number of aromatic nitrogens is 5. The van der Waals surface area contributed by atoms with E-state index in [1.165, 1.54) is 0 Å². The molecule has 0 spiro atoms. The first kappa shape index (κ1) is 14.1. The molecular formula is C15H18N6O2. The van der Waals surface area contributed by atoms with Gasteiger partial charge in [-0.05, 0) is 12.1 Å². The molecule has 8 nitrogen and oxygen atoms in total.